The van der Waals surface area contributed by atoms with Gasteiger partial charge in [-0.15, -0.1) is 0 Å². The third-order valence-corrected chi connectivity index (χ3v) is 6.50. The molecule has 4 rings (SSSR count). The minimum absolute atomic E-state index is 0.00498. The molecule has 1 aliphatic rings. The number of H-pyrrole nitrogens is 1. The van der Waals surface area contributed by atoms with Gasteiger partial charge in [0.15, 0.2) is 5.76 Å². The van der Waals surface area contributed by atoms with Gasteiger partial charge in [0.1, 0.15) is 12.2 Å². The van der Waals surface area contributed by atoms with E-state index in [2.05, 4.69) is 20.3 Å². The summed E-state index contributed by atoms with van der Waals surface area (Å²) in [6.07, 6.45) is 3.04. The van der Waals surface area contributed by atoms with Crippen molar-refractivity contribution in [1.82, 2.24) is 24.6 Å². The number of rotatable bonds is 4. The molecule has 1 atom stereocenters. The Morgan fingerprint density at radius 2 is 2.15 bits per heavy atom. The molecule has 138 valence electrons. The van der Waals surface area contributed by atoms with Gasteiger partial charge in [-0.05, 0) is 38.8 Å². The lowest BCUT2D eigenvalue weighted by atomic mass is 9.99. The van der Waals surface area contributed by atoms with Gasteiger partial charge in [-0.2, -0.15) is 9.40 Å². The second-order valence-electron chi connectivity index (χ2n) is 6.41. The van der Waals surface area contributed by atoms with E-state index in [0.29, 0.717) is 30.4 Å². The molecule has 0 spiro atoms. The average Bonchev–Trinajstić information content (AvgIpc) is 3.38. The van der Waals surface area contributed by atoms with Crippen LogP contribution in [0.5, 0.6) is 0 Å². The molecule has 1 saturated heterocycles. The zero-order valence-corrected chi connectivity index (χ0v) is 15.3. The second kappa shape index (κ2) is 6.36. The molecule has 0 aliphatic carbocycles. The predicted octanol–water partition coefficient (Wildman–Crippen LogP) is 2.24. The van der Waals surface area contributed by atoms with Crippen LogP contribution in [-0.2, 0) is 10.0 Å². The summed E-state index contributed by atoms with van der Waals surface area (Å²) in [5, 5.41) is 10.5. The maximum Gasteiger partial charge on any atom is 0.276 e. The lowest BCUT2D eigenvalue weighted by Gasteiger charge is -2.29. The van der Waals surface area contributed by atoms with E-state index in [4.69, 9.17) is 8.94 Å². The van der Waals surface area contributed by atoms with Crippen LogP contribution < -0.4 is 0 Å². The Hall–Kier alpha value is -2.46. The van der Waals surface area contributed by atoms with E-state index < -0.39 is 10.0 Å². The van der Waals surface area contributed by atoms with Crippen molar-refractivity contribution in [2.24, 2.45) is 0 Å². The molecule has 0 bridgehead atoms. The summed E-state index contributed by atoms with van der Waals surface area (Å²) in [5.74, 6) is 1.50. The molecule has 0 radical (unpaired) electrons. The summed E-state index contributed by atoms with van der Waals surface area (Å²) < 4.78 is 38.2. The first-order valence-electron chi connectivity index (χ1n) is 8.35. The van der Waals surface area contributed by atoms with Crippen LogP contribution in [0.1, 0.15) is 35.8 Å². The minimum Gasteiger partial charge on any atom is -0.440 e. The molecule has 0 saturated carbocycles. The molecule has 1 fully saturated rings. The molecule has 1 aliphatic heterocycles. The van der Waals surface area contributed by atoms with Crippen LogP contribution >= 0.6 is 0 Å². The summed E-state index contributed by atoms with van der Waals surface area (Å²) in [6.45, 7) is 4.46. The third kappa shape index (κ3) is 2.84. The Morgan fingerprint density at radius 1 is 1.31 bits per heavy atom. The highest BCUT2D eigenvalue weighted by atomic mass is 32.2. The van der Waals surface area contributed by atoms with Gasteiger partial charge in [-0.3, -0.25) is 5.10 Å². The summed E-state index contributed by atoms with van der Waals surface area (Å²) in [7, 11) is -3.74. The van der Waals surface area contributed by atoms with Gasteiger partial charge < -0.3 is 8.94 Å². The number of nitrogens with one attached hydrogen (secondary N) is 1. The topological polar surface area (TPSA) is 118 Å². The summed E-state index contributed by atoms with van der Waals surface area (Å²) in [6, 6.07) is 3.05. The standard InChI is InChI=1S/C16H19N5O4S/c1-10-11(2)20-25-15(10)13-5-6-14(24-13)26(22,23)21-7-3-4-12(8-21)16-17-9-18-19-16/h5-6,9,12H,3-4,7-8H2,1-2H3,(H,17,18,19). The highest BCUT2D eigenvalue weighted by Crippen LogP contribution is 2.32. The van der Waals surface area contributed by atoms with Crippen molar-refractivity contribution < 1.29 is 17.4 Å². The number of nitrogens with zero attached hydrogens (tertiary/aromatic N) is 4. The van der Waals surface area contributed by atoms with Crippen molar-refractivity contribution in [2.75, 3.05) is 13.1 Å². The first-order valence-corrected chi connectivity index (χ1v) is 9.79. The van der Waals surface area contributed by atoms with E-state index >= 15 is 0 Å². The van der Waals surface area contributed by atoms with Gasteiger partial charge in [-0.1, -0.05) is 5.16 Å². The van der Waals surface area contributed by atoms with E-state index in [0.717, 1.165) is 24.1 Å². The SMILES string of the molecule is Cc1noc(-c2ccc(S(=O)(=O)N3CCCC(c4ncn[nH]4)C3)o2)c1C. The maximum absolute atomic E-state index is 13.0. The number of piperidine rings is 1. The van der Waals surface area contributed by atoms with Crippen LogP contribution in [-0.4, -0.2) is 46.2 Å². The quantitative estimate of drug-likeness (QED) is 0.740. The zero-order chi connectivity index (χ0) is 18.3. The number of aromatic amines is 1. The fourth-order valence-electron chi connectivity index (χ4n) is 3.15. The first-order chi connectivity index (χ1) is 12.5. The number of furan rings is 1. The van der Waals surface area contributed by atoms with E-state index in [1.165, 1.54) is 16.7 Å². The largest absolute Gasteiger partial charge is 0.440 e. The van der Waals surface area contributed by atoms with Crippen molar-refractivity contribution in [3.8, 4) is 11.5 Å². The molecule has 0 amide bonds. The molecule has 10 heteroatoms. The minimum atomic E-state index is -3.74. The van der Waals surface area contributed by atoms with Crippen LogP contribution in [0.25, 0.3) is 11.5 Å². The number of aryl methyl sites for hydroxylation is 1. The zero-order valence-electron chi connectivity index (χ0n) is 14.5. The number of aromatic nitrogens is 4. The van der Waals surface area contributed by atoms with Crippen molar-refractivity contribution in [2.45, 2.75) is 37.7 Å². The number of hydrogen-bond acceptors (Lipinski definition) is 7. The molecule has 3 aromatic heterocycles. The first kappa shape index (κ1) is 17.0. The monoisotopic (exact) mass is 377 g/mol. The normalized spacial score (nSPS) is 19.1. The predicted molar refractivity (Wildman–Crippen MR) is 90.8 cm³/mol. The summed E-state index contributed by atoms with van der Waals surface area (Å²) in [5.41, 5.74) is 1.57. The molecular formula is C16H19N5O4S. The Labute approximate surface area is 150 Å². The van der Waals surface area contributed by atoms with E-state index in [-0.39, 0.29) is 11.0 Å². The van der Waals surface area contributed by atoms with Crippen LogP contribution in [0.3, 0.4) is 0 Å². The Morgan fingerprint density at radius 3 is 2.85 bits per heavy atom. The molecule has 1 unspecified atom stereocenters. The fraction of sp³-hybridized carbons (Fsp3) is 0.438. The van der Waals surface area contributed by atoms with Gasteiger partial charge in [0, 0.05) is 24.6 Å². The van der Waals surface area contributed by atoms with Crippen molar-refractivity contribution in [1.29, 1.82) is 0 Å². The average molecular weight is 377 g/mol. The van der Waals surface area contributed by atoms with Gasteiger partial charge >= 0.3 is 0 Å². The lowest BCUT2D eigenvalue weighted by molar-refractivity contribution is 0.300. The fourth-order valence-corrected chi connectivity index (χ4v) is 4.58. The van der Waals surface area contributed by atoms with Crippen molar-refractivity contribution in [3.05, 3.63) is 35.5 Å². The molecule has 4 heterocycles. The van der Waals surface area contributed by atoms with E-state index in [1.807, 2.05) is 13.8 Å². The van der Waals surface area contributed by atoms with E-state index in [9.17, 15) is 8.42 Å². The van der Waals surface area contributed by atoms with Crippen molar-refractivity contribution in [3.63, 3.8) is 0 Å². The highest BCUT2D eigenvalue weighted by Gasteiger charge is 2.34. The lowest BCUT2D eigenvalue weighted by Crippen LogP contribution is -2.39. The maximum atomic E-state index is 13.0. The van der Waals surface area contributed by atoms with Gasteiger partial charge in [0.05, 0.1) is 5.69 Å². The Bertz CT molecular complexity index is 1010. The van der Waals surface area contributed by atoms with Crippen LogP contribution in [0.2, 0.25) is 0 Å². The van der Waals surface area contributed by atoms with Crippen molar-refractivity contribution >= 4 is 10.0 Å². The number of sulfonamides is 1. The molecule has 9 nitrogen and oxygen atoms in total. The number of hydrogen-bond donors (Lipinski definition) is 1. The molecule has 0 aromatic carbocycles. The van der Waals surface area contributed by atoms with Gasteiger partial charge in [0.25, 0.3) is 10.0 Å². The molecular weight excluding hydrogens is 358 g/mol. The highest BCUT2D eigenvalue weighted by molar-refractivity contribution is 7.89. The second-order valence-corrected chi connectivity index (χ2v) is 8.28. The summed E-state index contributed by atoms with van der Waals surface area (Å²) in [4.78, 5) is 4.15. The smallest absolute Gasteiger partial charge is 0.276 e. The Kier molecular flexibility index (Phi) is 4.16. The summed E-state index contributed by atoms with van der Waals surface area (Å²) >= 11 is 0. The Balaban J connectivity index is 1.60. The van der Waals surface area contributed by atoms with E-state index in [1.54, 1.807) is 6.07 Å². The van der Waals surface area contributed by atoms with Gasteiger partial charge in [-0.25, -0.2) is 13.4 Å². The van der Waals surface area contributed by atoms with Crippen LogP contribution in [0.15, 0.2) is 32.5 Å². The third-order valence-electron chi connectivity index (χ3n) is 4.76. The molecule has 1 N–H and O–H groups in total. The van der Waals surface area contributed by atoms with Gasteiger partial charge in [0.2, 0.25) is 10.9 Å². The molecule has 26 heavy (non-hydrogen) atoms. The van der Waals surface area contributed by atoms with Crippen LogP contribution in [0.4, 0.5) is 0 Å². The molecule has 3 aromatic rings. The van der Waals surface area contributed by atoms with Crippen LogP contribution in [0, 0.1) is 13.8 Å².